The average molecular weight is 306 g/mol. The summed E-state index contributed by atoms with van der Waals surface area (Å²) in [6, 6.07) is 1.18. The molecule has 0 aliphatic heterocycles. The summed E-state index contributed by atoms with van der Waals surface area (Å²) in [5.41, 5.74) is 5.19. The maximum absolute atomic E-state index is 14.2. The summed E-state index contributed by atoms with van der Waals surface area (Å²) >= 11 is 3.07. The molecule has 2 N–H and O–H groups in total. The van der Waals surface area contributed by atoms with Crippen LogP contribution in [0, 0.1) is 11.6 Å². The zero-order chi connectivity index (χ0) is 12.6. The summed E-state index contributed by atoms with van der Waals surface area (Å²) in [6.45, 7) is 0. The molecule has 2 nitrogen and oxygen atoms in total. The minimum atomic E-state index is -0.886. The Labute approximate surface area is 107 Å². The van der Waals surface area contributed by atoms with E-state index >= 15 is 0 Å². The van der Waals surface area contributed by atoms with Crippen molar-refractivity contribution >= 4 is 15.9 Å². The first-order valence-corrected chi connectivity index (χ1v) is 6.30. The molecule has 5 heteroatoms. The molecule has 1 aromatic carbocycles. The van der Waals surface area contributed by atoms with E-state index in [4.69, 9.17) is 10.5 Å². The van der Waals surface area contributed by atoms with Crippen LogP contribution in [0.2, 0.25) is 0 Å². The third kappa shape index (κ3) is 2.06. The van der Waals surface area contributed by atoms with Crippen LogP contribution >= 0.6 is 15.9 Å². The number of hydrogen-bond donors (Lipinski definition) is 1. The minimum absolute atomic E-state index is 0.0253. The van der Waals surface area contributed by atoms with E-state index in [1.165, 1.54) is 13.2 Å². The predicted molar refractivity (Wildman–Crippen MR) is 64.9 cm³/mol. The molecule has 17 heavy (non-hydrogen) atoms. The number of ether oxygens (including phenoxy) is 1. The van der Waals surface area contributed by atoms with E-state index < -0.39 is 17.2 Å². The van der Waals surface area contributed by atoms with Gasteiger partial charge in [0.1, 0.15) is 17.4 Å². The SMILES string of the molecule is COc1cc(F)c(C2(N)CCCC2)c(F)c1Br. The summed E-state index contributed by atoms with van der Waals surface area (Å²) in [4.78, 5) is 0. The van der Waals surface area contributed by atoms with Gasteiger partial charge in [-0.1, -0.05) is 12.8 Å². The second-order valence-electron chi connectivity index (χ2n) is 4.43. The predicted octanol–water partition coefficient (Wildman–Crippen LogP) is 3.46. The first-order valence-electron chi connectivity index (χ1n) is 5.50. The Morgan fingerprint density at radius 2 is 1.94 bits per heavy atom. The number of rotatable bonds is 2. The molecule has 0 atom stereocenters. The molecule has 0 unspecified atom stereocenters. The van der Waals surface area contributed by atoms with Gasteiger partial charge in [0.25, 0.3) is 0 Å². The Kier molecular flexibility index (Phi) is 3.41. The van der Waals surface area contributed by atoms with Crippen LogP contribution in [0.3, 0.4) is 0 Å². The number of hydrogen-bond acceptors (Lipinski definition) is 2. The third-order valence-electron chi connectivity index (χ3n) is 3.34. The monoisotopic (exact) mass is 305 g/mol. The lowest BCUT2D eigenvalue weighted by atomic mass is 9.88. The van der Waals surface area contributed by atoms with Crippen molar-refractivity contribution < 1.29 is 13.5 Å². The van der Waals surface area contributed by atoms with Gasteiger partial charge in [-0.25, -0.2) is 8.78 Å². The van der Waals surface area contributed by atoms with Crippen molar-refractivity contribution in [1.29, 1.82) is 0 Å². The zero-order valence-corrected chi connectivity index (χ0v) is 11.1. The lowest BCUT2D eigenvalue weighted by Gasteiger charge is -2.26. The fraction of sp³-hybridized carbons (Fsp3) is 0.500. The molecule has 0 saturated heterocycles. The standard InChI is InChI=1S/C12H14BrF2NO/c1-17-8-6-7(14)9(11(15)10(8)13)12(16)4-2-3-5-12/h6H,2-5,16H2,1H3. The summed E-state index contributed by atoms with van der Waals surface area (Å²) < 4.78 is 33.1. The second kappa shape index (κ2) is 4.53. The van der Waals surface area contributed by atoms with Gasteiger partial charge in [-0.05, 0) is 28.8 Å². The van der Waals surface area contributed by atoms with Crippen molar-refractivity contribution in [3.8, 4) is 5.75 Å². The molecule has 1 aliphatic rings. The Balaban J connectivity index is 2.58. The Morgan fingerprint density at radius 3 is 2.47 bits per heavy atom. The molecule has 2 rings (SSSR count). The van der Waals surface area contributed by atoms with Gasteiger partial charge in [0.2, 0.25) is 0 Å². The Hall–Kier alpha value is -0.680. The number of nitrogens with two attached hydrogens (primary N) is 1. The maximum Gasteiger partial charge on any atom is 0.149 e. The molecule has 0 spiro atoms. The van der Waals surface area contributed by atoms with Crippen LogP contribution in [0.5, 0.6) is 5.75 Å². The summed E-state index contributed by atoms with van der Waals surface area (Å²) in [6.07, 6.45) is 3.03. The minimum Gasteiger partial charge on any atom is -0.495 e. The van der Waals surface area contributed by atoms with Crippen molar-refractivity contribution in [1.82, 2.24) is 0 Å². The smallest absolute Gasteiger partial charge is 0.149 e. The lowest BCUT2D eigenvalue weighted by molar-refractivity contribution is 0.379. The molecule has 1 aromatic rings. The van der Waals surface area contributed by atoms with Crippen LogP contribution in [0.25, 0.3) is 0 Å². The van der Waals surface area contributed by atoms with Crippen LogP contribution in [0.1, 0.15) is 31.2 Å². The fourth-order valence-electron chi connectivity index (χ4n) is 2.43. The van der Waals surface area contributed by atoms with E-state index in [9.17, 15) is 8.78 Å². The number of methoxy groups -OCH3 is 1. The van der Waals surface area contributed by atoms with Crippen LogP contribution in [0.4, 0.5) is 8.78 Å². The normalized spacial score (nSPS) is 18.4. The van der Waals surface area contributed by atoms with Crippen molar-refractivity contribution in [3.63, 3.8) is 0 Å². The molecule has 94 valence electrons. The highest BCUT2D eigenvalue weighted by atomic mass is 79.9. The molecule has 0 amide bonds. The third-order valence-corrected chi connectivity index (χ3v) is 4.08. The number of halogens is 3. The molecular formula is C12H14BrF2NO. The molecule has 0 radical (unpaired) electrons. The Bertz CT molecular complexity index is 445. The first kappa shape index (κ1) is 12.8. The molecule has 1 fully saturated rings. The summed E-state index contributed by atoms with van der Waals surface area (Å²) in [7, 11) is 1.37. The molecule has 1 saturated carbocycles. The van der Waals surface area contributed by atoms with E-state index in [0.29, 0.717) is 12.8 Å². The largest absolute Gasteiger partial charge is 0.495 e. The molecule has 1 aliphatic carbocycles. The highest BCUT2D eigenvalue weighted by Gasteiger charge is 2.37. The highest BCUT2D eigenvalue weighted by Crippen LogP contribution is 2.42. The van der Waals surface area contributed by atoms with Crippen LogP contribution in [-0.2, 0) is 5.54 Å². The van der Waals surface area contributed by atoms with Crippen LogP contribution in [-0.4, -0.2) is 7.11 Å². The summed E-state index contributed by atoms with van der Waals surface area (Å²) in [5.74, 6) is -1.14. The van der Waals surface area contributed by atoms with Gasteiger partial charge in [0.15, 0.2) is 0 Å². The fourth-order valence-corrected chi connectivity index (χ4v) is 2.91. The van der Waals surface area contributed by atoms with Crippen molar-refractivity contribution in [2.45, 2.75) is 31.2 Å². The first-order chi connectivity index (χ1) is 7.99. The topological polar surface area (TPSA) is 35.2 Å². The highest BCUT2D eigenvalue weighted by molar-refractivity contribution is 9.10. The Morgan fingerprint density at radius 1 is 1.35 bits per heavy atom. The van der Waals surface area contributed by atoms with E-state index in [2.05, 4.69) is 15.9 Å². The van der Waals surface area contributed by atoms with E-state index in [0.717, 1.165) is 12.8 Å². The van der Waals surface area contributed by atoms with Gasteiger partial charge >= 0.3 is 0 Å². The van der Waals surface area contributed by atoms with Crippen molar-refractivity contribution in [3.05, 3.63) is 27.7 Å². The van der Waals surface area contributed by atoms with Gasteiger partial charge in [-0.15, -0.1) is 0 Å². The van der Waals surface area contributed by atoms with Gasteiger partial charge in [-0.2, -0.15) is 0 Å². The van der Waals surface area contributed by atoms with Crippen LogP contribution < -0.4 is 10.5 Å². The van der Waals surface area contributed by atoms with Crippen LogP contribution in [0.15, 0.2) is 10.5 Å². The zero-order valence-electron chi connectivity index (χ0n) is 9.53. The van der Waals surface area contributed by atoms with E-state index in [1.807, 2.05) is 0 Å². The molecule has 0 aromatic heterocycles. The molecular weight excluding hydrogens is 292 g/mol. The van der Waals surface area contributed by atoms with Crippen molar-refractivity contribution in [2.75, 3.05) is 7.11 Å². The van der Waals surface area contributed by atoms with Crippen molar-refractivity contribution in [2.24, 2.45) is 5.73 Å². The molecule has 0 heterocycles. The van der Waals surface area contributed by atoms with Gasteiger partial charge in [0, 0.05) is 17.2 Å². The number of benzene rings is 1. The average Bonchev–Trinajstić information content (AvgIpc) is 2.71. The van der Waals surface area contributed by atoms with E-state index in [1.54, 1.807) is 0 Å². The molecule has 0 bridgehead atoms. The van der Waals surface area contributed by atoms with Gasteiger partial charge < -0.3 is 10.5 Å². The quantitative estimate of drug-likeness (QED) is 0.849. The van der Waals surface area contributed by atoms with Gasteiger partial charge in [-0.3, -0.25) is 0 Å². The van der Waals surface area contributed by atoms with E-state index in [-0.39, 0.29) is 15.8 Å². The van der Waals surface area contributed by atoms with Gasteiger partial charge in [0.05, 0.1) is 11.6 Å². The maximum atomic E-state index is 14.2. The lowest BCUT2D eigenvalue weighted by Crippen LogP contribution is -2.35. The summed E-state index contributed by atoms with van der Waals surface area (Å²) in [5, 5.41) is 0. The second-order valence-corrected chi connectivity index (χ2v) is 5.22.